The maximum atomic E-state index is 5.59. The summed E-state index contributed by atoms with van der Waals surface area (Å²) < 4.78 is 0. The molecule has 0 aromatic heterocycles. The van der Waals surface area contributed by atoms with Gasteiger partial charge in [0.15, 0.2) is 5.96 Å². The van der Waals surface area contributed by atoms with E-state index in [-0.39, 0.29) is 0 Å². The number of nitrogens with two attached hydrogens (primary N) is 1. The molecule has 0 aliphatic carbocycles. The number of rotatable bonds is 2. The van der Waals surface area contributed by atoms with Gasteiger partial charge in [0.25, 0.3) is 0 Å². The van der Waals surface area contributed by atoms with E-state index in [1.165, 1.54) is 0 Å². The molecule has 0 atom stereocenters. The summed E-state index contributed by atoms with van der Waals surface area (Å²) >= 11 is 0. The van der Waals surface area contributed by atoms with Crippen molar-refractivity contribution in [2.75, 3.05) is 17.3 Å². The van der Waals surface area contributed by atoms with Gasteiger partial charge in [-0.2, -0.15) is 0 Å². The van der Waals surface area contributed by atoms with Gasteiger partial charge in [-0.05, 0) is 36.4 Å². The Morgan fingerprint density at radius 1 is 1.28 bits per heavy atom. The van der Waals surface area contributed by atoms with Crippen molar-refractivity contribution in [3.8, 4) is 0 Å². The molecule has 3 N–H and O–H groups in total. The minimum atomic E-state index is 0.392. The molecule has 0 spiro atoms. The standard InChI is InChI=1S/C13H15N5/c1-15-13(14)17-11-4-6-12(7-5-11)18-9-3-2-8-16-10-18/h2-10H,1H3,(H3,14,15,17). The maximum Gasteiger partial charge on any atom is 0.192 e. The van der Waals surface area contributed by atoms with Gasteiger partial charge in [0.1, 0.15) is 0 Å². The molecule has 0 bridgehead atoms. The van der Waals surface area contributed by atoms with Crippen LogP contribution in [0.3, 0.4) is 0 Å². The molecule has 2 rings (SSSR count). The van der Waals surface area contributed by atoms with E-state index in [0.717, 1.165) is 11.4 Å². The van der Waals surface area contributed by atoms with Crippen molar-refractivity contribution in [3.63, 3.8) is 0 Å². The average molecular weight is 241 g/mol. The Hall–Kier alpha value is -2.56. The van der Waals surface area contributed by atoms with Crippen LogP contribution in [0.25, 0.3) is 0 Å². The van der Waals surface area contributed by atoms with E-state index in [2.05, 4.69) is 15.3 Å². The van der Waals surface area contributed by atoms with Crippen LogP contribution >= 0.6 is 0 Å². The van der Waals surface area contributed by atoms with Crippen LogP contribution in [0.2, 0.25) is 0 Å². The average Bonchev–Trinajstić information content (AvgIpc) is 2.68. The second kappa shape index (κ2) is 5.67. The van der Waals surface area contributed by atoms with Crippen molar-refractivity contribution in [1.29, 1.82) is 0 Å². The second-order valence-electron chi connectivity index (χ2n) is 3.64. The van der Waals surface area contributed by atoms with Gasteiger partial charge in [-0.15, -0.1) is 0 Å². The monoisotopic (exact) mass is 241 g/mol. The molecule has 0 saturated carbocycles. The largest absolute Gasteiger partial charge is 0.370 e. The third-order valence-electron chi connectivity index (χ3n) is 2.40. The van der Waals surface area contributed by atoms with Crippen molar-refractivity contribution in [1.82, 2.24) is 0 Å². The smallest absolute Gasteiger partial charge is 0.192 e. The van der Waals surface area contributed by atoms with Gasteiger partial charge in [-0.25, -0.2) is 4.99 Å². The van der Waals surface area contributed by atoms with E-state index in [1.807, 2.05) is 47.5 Å². The van der Waals surface area contributed by atoms with E-state index in [0.29, 0.717) is 5.96 Å². The van der Waals surface area contributed by atoms with Crippen molar-refractivity contribution in [2.24, 2.45) is 15.7 Å². The fraction of sp³-hybridized carbons (Fsp3) is 0.0769. The van der Waals surface area contributed by atoms with Crippen LogP contribution < -0.4 is 16.0 Å². The number of guanidine groups is 1. The van der Waals surface area contributed by atoms with Crippen LogP contribution in [0, 0.1) is 0 Å². The maximum absolute atomic E-state index is 5.59. The number of anilines is 2. The minimum absolute atomic E-state index is 0.392. The van der Waals surface area contributed by atoms with Gasteiger partial charge in [0, 0.05) is 30.8 Å². The SMILES string of the molecule is CN=C(N)Nc1ccc(N2C=CC=CN=C2)cc1. The molecular weight excluding hydrogens is 226 g/mol. The quantitative estimate of drug-likeness (QED) is 0.614. The molecule has 0 unspecified atom stereocenters. The summed E-state index contributed by atoms with van der Waals surface area (Å²) in [6.07, 6.45) is 9.25. The van der Waals surface area contributed by atoms with E-state index in [1.54, 1.807) is 19.6 Å². The number of allylic oxidation sites excluding steroid dienone is 2. The van der Waals surface area contributed by atoms with E-state index in [9.17, 15) is 0 Å². The van der Waals surface area contributed by atoms with Crippen LogP contribution in [0.15, 0.2) is 58.8 Å². The highest BCUT2D eigenvalue weighted by molar-refractivity contribution is 5.92. The summed E-state index contributed by atoms with van der Waals surface area (Å²) in [7, 11) is 1.64. The highest BCUT2D eigenvalue weighted by atomic mass is 15.1. The number of hydrogen-bond donors (Lipinski definition) is 2. The van der Waals surface area contributed by atoms with Gasteiger partial charge < -0.3 is 16.0 Å². The zero-order valence-electron chi connectivity index (χ0n) is 10.1. The second-order valence-corrected chi connectivity index (χ2v) is 3.64. The Morgan fingerprint density at radius 2 is 2.06 bits per heavy atom. The van der Waals surface area contributed by atoms with Crippen molar-refractivity contribution in [3.05, 3.63) is 48.8 Å². The molecule has 1 aliphatic heterocycles. The number of nitrogens with zero attached hydrogens (tertiary/aromatic N) is 3. The Balaban J connectivity index is 2.12. The van der Waals surface area contributed by atoms with Gasteiger partial charge in [0.2, 0.25) is 0 Å². The van der Waals surface area contributed by atoms with E-state index in [4.69, 9.17) is 5.73 Å². The van der Waals surface area contributed by atoms with Crippen molar-refractivity contribution in [2.45, 2.75) is 0 Å². The number of hydrogen-bond acceptors (Lipinski definition) is 3. The molecule has 92 valence electrons. The summed E-state index contributed by atoms with van der Waals surface area (Å²) in [5.74, 6) is 0.392. The highest BCUT2D eigenvalue weighted by Crippen LogP contribution is 2.17. The molecule has 1 aromatic rings. The Kier molecular flexibility index (Phi) is 3.76. The zero-order chi connectivity index (χ0) is 12.8. The molecule has 5 nitrogen and oxygen atoms in total. The molecule has 0 amide bonds. The fourth-order valence-electron chi connectivity index (χ4n) is 1.46. The lowest BCUT2D eigenvalue weighted by atomic mass is 10.2. The van der Waals surface area contributed by atoms with E-state index >= 15 is 0 Å². The molecule has 0 radical (unpaired) electrons. The number of benzene rings is 1. The van der Waals surface area contributed by atoms with Crippen molar-refractivity contribution < 1.29 is 0 Å². The first-order chi connectivity index (χ1) is 8.79. The Morgan fingerprint density at radius 3 is 2.78 bits per heavy atom. The van der Waals surface area contributed by atoms with Crippen LogP contribution in [0.1, 0.15) is 0 Å². The molecule has 1 heterocycles. The van der Waals surface area contributed by atoms with Crippen LogP contribution in [0.5, 0.6) is 0 Å². The van der Waals surface area contributed by atoms with Crippen molar-refractivity contribution >= 4 is 23.7 Å². The predicted octanol–water partition coefficient (Wildman–Crippen LogP) is 1.92. The summed E-state index contributed by atoms with van der Waals surface area (Å²) in [6, 6.07) is 7.83. The Bertz CT molecular complexity index is 495. The summed E-state index contributed by atoms with van der Waals surface area (Å²) in [6.45, 7) is 0. The first kappa shape index (κ1) is 11.9. The van der Waals surface area contributed by atoms with Gasteiger partial charge in [-0.1, -0.05) is 0 Å². The van der Waals surface area contributed by atoms with Gasteiger partial charge in [0.05, 0.1) is 6.34 Å². The third kappa shape index (κ3) is 2.98. The first-order valence-corrected chi connectivity index (χ1v) is 5.54. The predicted molar refractivity (Wildman–Crippen MR) is 76.9 cm³/mol. The third-order valence-corrected chi connectivity index (χ3v) is 2.40. The Labute approximate surface area is 106 Å². The molecule has 0 fully saturated rings. The molecular formula is C13H15N5. The number of nitrogens with one attached hydrogen (secondary N) is 1. The molecule has 0 saturated heterocycles. The fourth-order valence-corrected chi connectivity index (χ4v) is 1.46. The first-order valence-electron chi connectivity index (χ1n) is 5.54. The lowest BCUT2D eigenvalue weighted by Gasteiger charge is -2.14. The summed E-state index contributed by atoms with van der Waals surface area (Å²) in [5.41, 5.74) is 7.52. The van der Waals surface area contributed by atoms with Gasteiger partial charge >= 0.3 is 0 Å². The lowest BCUT2D eigenvalue weighted by molar-refractivity contribution is 1.36. The molecule has 1 aliphatic rings. The summed E-state index contributed by atoms with van der Waals surface area (Å²) in [4.78, 5) is 9.89. The van der Waals surface area contributed by atoms with Crippen LogP contribution in [-0.4, -0.2) is 19.3 Å². The topological polar surface area (TPSA) is 66.0 Å². The van der Waals surface area contributed by atoms with Crippen LogP contribution in [0.4, 0.5) is 11.4 Å². The number of aliphatic imine (C=N–C) groups is 2. The highest BCUT2D eigenvalue weighted by Gasteiger charge is 2.01. The molecule has 1 aromatic carbocycles. The summed E-state index contributed by atoms with van der Waals surface area (Å²) in [5, 5.41) is 2.98. The molecule has 5 heteroatoms. The van der Waals surface area contributed by atoms with E-state index < -0.39 is 0 Å². The lowest BCUT2D eigenvalue weighted by Crippen LogP contribution is -2.22. The van der Waals surface area contributed by atoms with Crippen LogP contribution in [-0.2, 0) is 0 Å². The minimum Gasteiger partial charge on any atom is -0.370 e. The molecule has 18 heavy (non-hydrogen) atoms. The van der Waals surface area contributed by atoms with Gasteiger partial charge in [-0.3, -0.25) is 4.99 Å². The zero-order valence-corrected chi connectivity index (χ0v) is 10.1. The normalized spacial score (nSPS) is 14.7.